The molecular weight excluding hydrogens is 618 g/mol. The average molecular weight is 649 g/mol. The van der Waals surface area contributed by atoms with Crippen molar-refractivity contribution in [1.29, 1.82) is 0 Å². The van der Waals surface area contributed by atoms with E-state index in [1.54, 1.807) is 0 Å². The first-order valence-corrected chi connectivity index (χ1v) is 15.7. The van der Waals surface area contributed by atoms with E-state index in [0.29, 0.717) is 29.2 Å². The molecule has 234 valence electrons. The van der Waals surface area contributed by atoms with Gasteiger partial charge in [0.15, 0.2) is 5.82 Å². The largest absolute Gasteiger partial charge is 0.477 e. The third-order valence-corrected chi connectivity index (χ3v) is 10.4. The zero-order valence-electron chi connectivity index (χ0n) is 23.8. The van der Waals surface area contributed by atoms with Gasteiger partial charge in [-0.2, -0.15) is 0 Å². The summed E-state index contributed by atoms with van der Waals surface area (Å²) in [5, 5.41) is 32.2. The molecule has 1 aliphatic carbocycles. The smallest absolute Gasteiger partial charge is 0.352 e. The number of amides is 1. The molecule has 2 saturated heterocycles. The highest BCUT2D eigenvalue weighted by atomic mass is 32.2. The van der Waals surface area contributed by atoms with Crippen LogP contribution in [-0.2, 0) is 9.59 Å². The topological polar surface area (TPSA) is 152 Å². The van der Waals surface area contributed by atoms with Crippen LogP contribution in [0.5, 0.6) is 0 Å². The summed E-state index contributed by atoms with van der Waals surface area (Å²) in [5.41, 5.74) is -1.41. The van der Waals surface area contributed by atoms with Crippen LogP contribution >= 0.6 is 24.0 Å². The quantitative estimate of drug-likeness (QED) is 0.247. The molecule has 0 spiro atoms. The van der Waals surface area contributed by atoms with Gasteiger partial charge in [0, 0.05) is 43.0 Å². The second-order valence-corrected chi connectivity index (χ2v) is 13.5. The summed E-state index contributed by atoms with van der Waals surface area (Å²) in [6.07, 6.45) is 2.10. The maximum Gasteiger partial charge on any atom is 0.352 e. The van der Waals surface area contributed by atoms with Crippen LogP contribution in [0, 0.1) is 23.5 Å². The molecule has 3 aliphatic heterocycles. The Morgan fingerprint density at radius 1 is 1.18 bits per heavy atom. The molecule has 44 heavy (non-hydrogen) atoms. The second kappa shape index (κ2) is 11.1. The highest BCUT2D eigenvalue weighted by Crippen LogP contribution is 2.48. The fourth-order valence-electron chi connectivity index (χ4n) is 6.78. The summed E-state index contributed by atoms with van der Waals surface area (Å²) in [7, 11) is 0. The summed E-state index contributed by atoms with van der Waals surface area (Å²) in [5.74, 6) is -5.71. The third-order valence-electron chi connectivity index (χ3n) is 9.06. The molecule has 2 aromatic rings. The van der Waals surface area contributed by atoms with E-state index in [2.05, 4.69) is 5.32 Å². The number of β-lactam (4-membered cyclic amide) rings is 1. The van der Waals surface area contributed by atoms with Crippen LogP contribution in [-0.4, -0.2) is 84.0 Å². The van der Waals surface area contributed by atoms with Crippen molar-refractivity contribution in [1.82, 2.24) is 14.8 Å². The number of hydrogen-bond acceptors (Lipinski definition) is 8. The Kier molecular flexibility index (Phi) is 7.69. The number of aromatic carboxylic acids is 1. The molecule has 4 N–H and O–H groups in total. The van der Waals surface area contributed by atoms with Gasteiger partial charge in [0.1, 0.15) is 27.1 Å². The summed E-state index contributed by atoms with van der Waals surface area (Å²) < 4.78 is 33.2. The minimum atomic E-state index is -1.46. The number of rotatable bonds is 8. The van der Waals surface area contributed by atoms with E-state index in [9.17, 15) is 34.5 Å². The number of aliphatic carboxylic acids is 1. The van der Waals surface area contributed by atoms with Gasteiger partial charge in [0.05, 0.1) is 29.0 Å². The lowest BCUT2D eigenvalue weighted by molar-refractivity contribution is -0.163. The molecule has 1 aromatic heterocycles. The van der Waals surface area contributed by atoms with E-state index in [4.69, 9.17) is 12.2 Å². The van der Waals surface area contributed by atoms with Crippen LogP contribution in [0.2, 0.25) is 0 Å². The Bertz CT molecular complexity index is 1720. The van der Waals surface area contributed by atoms with Gasteiger partial charge in [0.25, 0.3) is 0 Å². The van der Waals surface area contributed by atoms with Crippen molar-refractivity contribution in [3.05, 3.63) is 51.0 Å². The van der Waals surface area contributed by atoms with Crippen molar-refractivity contribution >= 4 is 62.7 Å². The summed E-state index contributed by atoms with van der Waals surface area (Å²) in [6, 6.07) is 0.0380. The number of aliphatic hydroxyl groups excluding tert-OH is 1. The van der Waals surface area contributed by atoms with Gasteiger partial charge in [-0.15, -0.1) is 0 Å². The molecule has 1 aromatic carbocycles. The van der Waals surface area contributed by atoms with E-state index in [-0.39, 0.29) is 59.1 Å². The minimum absolute atomic E-state index is 0.0749. The lowest BCUT2D eigenvalue weighted by Gasteiger charge is -2.46. The molecule has 4 heterocycles. The van der Waals surface area contributed by atoms with Crippen LogP contribution in [0.3, 0.4) is 0 Å². The van der Waals surface area contributed by atoms with E-state index < -0.39 is 58.5 Å². The number of carboxylic acid groups (broad SMARTS) is 2. The Morgan fingerprint density at radius 2 is 1.89 bits per heavy atom. The van der Waals surface area contributed by atoms with Crippen molar-refractivity contribution in [3.63, 3.8) is 0 Å². The van der Waals surface area contributed by atoms with Crippen LogP contribution in [0.15, 0.2) is 28.3 Å². The number of fused-ring (bicyclic) bond motifs is 2. The van der Waals surface area contributed by atoms with Gasteiger partial charge in [-0.1, -0.05) is 30.9 Å². The molecule has 11 nitrogen and oxygen atoms in total. The number of carbonyl (C=O) groups is 3. The van der Waals surface area contributed by atoms with Gasteiger partial charge < -0.3 is 35.0 Å². The zero-order chi connectivity index (χ0) is 31.8. The van der Waals surface area contributed by atoms with Crippen molar-refractivity contribution in [3.8, 4) is 0 Å². The summed E-state index contributed by atoms with van der Waals surface area (Å²) in [4.78, 5) is 51.8. The first-order valence-electron chi connectivity index (χ1n) is 14.3. The third kappa shape index (κ3) is 4.85. The number of benzene rings is 1. The Morgan fingerprint density at radius 3 is 2.50 bits per heavy atom. The van der Waals surface area contributed by atoms with Crippen LogP contribution in [0.25, 0.3) is 10.9 Å². The molecule has 2 unspecified atom stereocenters. The standard InChI is InChI=1S/C29H30F2N4O7S2/c1-11-17(23(28(41)42)35-21(11)19(12(2)36)26(35)38)10-44-29(43)32-13-5-6-33(8-13)24-18(30)7-15-22(20(24)31)34(14-3-4-14)9-16(25(15)37)27(39)40/h7,9,11-14,19,21,36H,3-6,8,10H2,1-2H3,(H,32,43)(H,39,40)(H,41,42)/t11?,12-,13?,19+,21-/m0/s1. The van der Waals surface area contributed by atoms with Gasteiger partial charge in [0.2, 0.25) is 11.3 Å². The van der Waals surface area contributed by atoms with E-state index in [1.165, 1.54) is 33.1 Å². The van der Waals surface area contributed by atoms with Gasteiger partial charge in [-0.25, -0.2) is 18.4 Å². The van der Waals surface area contributed by atoms with Crippen LogP contribution < -0.4 is 15.6 Å². The van der Waals surface area contributed by atoms with Gasteiger partial charge in [-0.05, 0) is 37.8 Å². The van der Waals surface area contributed by atoms with Crippen LogP contribution in [0.1, 0.15) is 49.5 Å². The normalized spacial score (nSPS) is 25.3. The molecule has 0 bridgehead atoms. The maximum atomic E-state index is 16.0. The Hall–Kier alpha value is -3.56. The first-order chi connectivity index (χ1) is 20.8. The number of halogens is 2. The molecule has 1 amide bonds. The number of carboxylic acids is 2. The zero-order valence-corrected chi connectivity index (χ0v) is 25.4. The predicted molar refractivity (Wildman–Crippen MR) is 162 cm³/mol. The molecule has 1 saturated carbocycles. The van der Waals surface area contributed by atoms with Gasteiger partial charge in [-0.3, -0.25) is 9.59 Å². The lowest BCUT2D eigenvalue weighted by Crippen LogP contribution is -2.63. The second-order valence-electron chi connectivity index (χ2n) is 11.8. The average Bonchev–Trinajstić information content (AvgIpc) is 3.63. The lowest BCUT2D eigenvalue weighted by atomic mass is 9.78. The van der Waals surface area contributed by atoms with Crippen molar-refractivity contribution in [2.45, 2.75) is 57.3 Å². The molecular formula is C29H30F2N4O7S2. The van der Waals surface area contributed by atoms with Crippen LogP contribution in [0.4, 0.5) is 14.5 Å². The Labute approximate surface area is 259 Å². The highest BCUT2D eigenvalue weighted by molar-refractivity contribution is 8.23. The number of aliphatic hydroxyl groups is 1. The number of anilines is 1. The number of pyridine rings is 1. The molecule has 15 heteroatoms. The summed E-state index contributed by atoms with van der Waals surface area (Å²) in [6.45, 7) is 3.83. The number of hydrogen-bond donors (Lipinski definition) is 4. The monoisotopic (exact) mass is 648 g/mol. The number of carbonyl (C=O) groups excluding carboxylic acids is 1. The predicted octanol–water partition coefficient (Wildman–Crippen LogP) is 2.70. The minimum Gasteiger partial charge on any atom is -0.477 e. The van der Waals surface area contributed by atoms with Gasteiger partial charge >= 0.3 is 11.9 Å². The highest BCUT2D eigenvalue weighted by Gasteiger charge is 2.59. The SMILES string of the molecule is CC1C(CSC(=S)NC2CCN(c3c(F)cc4c(=O)c(C(=O)O)cn(C5CC5)c4c3F)C2)=C(C(=O)O)N2C(=O)[C@H]([C@H](C)O)[C@H]12. The fraction of sp³-hybridized carbons (Fsp3) is 0.483. The molecule has 4 aliphatic rings. The number of thioether (sulfide) groups is 1. The number of nitrogens with zero attached hydrogens (tertiary/aromatic N) is 3. The molecule has 0 radical (unpaired) electrons. The van der Waals surface area contributed by atoms with E-state index in [0.717, 1.165) is 12.3 Å². The first kappa shape index (κ1) is 30.5. The molecule has 5 atom stereocenters. The van der Waals surface area contributed by atoms with Crippen molar-refractivity contribution in [2.24, 2.45) is 11.8 Å². The number of nitrogens with one attached hydrogen (secondary N) is 1. The van der Waals surface area contributed by atoms with E-state index in [1.807, 2.05) is 6.92 Å². The van der Waals surface area contributed by atoms with E-state index >= 15 is 8.78 Å². The molecule has 3 fully saturated rings. The van der Waals surface area contributed by atoms with Crippen molar-refractivity contribution < 1.29 is 38.5 Å². The molecule has 6 rings (SSSR count). The number of aromatic nitrogens is 1. The Balaban J connectivity index is 1.17. The number of thiocarbonyl (C=S) groups is 1. The van der Waals surface area contributed by atoms with Crippen molar-refractivity contribution in [2.75, 3.05) is 23.7 Å². The maximum absolute atomic E-state index is 16.0. The summed E-state index contributed by atoms with van der Waals surface area (Å²) >= 11 is 6.71. The fourth-order valence-corrected chi connectivity index (χ4v) is 8.06.